The molecule has 200 valence electrons. The molecule has 1 heterocycles. The van der Waals surface area contributed by atoms with E-state index >= 15 is 0 Å². The average Bonchev–Trinajstić information content (AvgIpc) is 3.11. The van der Waals surface area contributed by atoms with Gasteiger partial charge in [0.1, 0.15) is 11.2 Å². The van der Waals surface area contributed by atoms with Gasteiger partial charge in [-0.15, -0.1) is 0 Å². The third kappa shape index (κ3) is 4.67. The van der Waals surface area contributed by atoms with Crippen molar-refractivity contribution in [3.8, 4) is 5.75 Å². The van der Waals surface area contributed by atoms with Gasteiger partial charge in [0.05, 0.1) is 17.2 Å². The number of halogens is 1. The van der Waals surface area contributed by atoms with Crippen LogP contribution >= 0.6 is 11.6 Å². The van der Waals surface area contributed by atoms with E-state index < -0.39 is 26.9 Å². The lowest BCUT2D eigenvalue weighted by molar-refractivity contribution is -0.120. The number of sulfonamides is 1. The van der Waals surface area contributed by atoms with Crippen molar-refractivity contribution in [2.24, 2.45) is 0 Å². The van der Waals surface area contributed by atoms with Crippen molar-refractivity contribution in [3.05, 3.63) is 88.4 Å². The number of amides is 2. The maximum Gasteiger partial charge on any atom is 0.270 e. The van der Waals surface area contributed by atoms with Gasteiger partial charge in [0, 0.05) is 21.7 Å². The number of ether oxygens (including phenoxy) is 1. The fraction of sp³-hybridized carbons (Fsp3) is 0.310. The van der Waals surface area contributed by atoms with Crippen LogP contribution in [0.3, 0.4) is 0 Å². The number of hydrogen-bond donors (Lipinski definition) is 1. The molecule has 7 nitrogen and oxygen atoms in total. The van der Waals surface area contributed by atoms with Crippen molar-refractivity contribution < 1.29 is 22.7 Å². The minimum absolute atomic E-state index is 0.111. The number of carbonyl (C=O) groups excluding carboxylic acids is 2. The first kappa shape index (κ1) is 27.7. The Hall–Kier alpha value is -3.36. The normalized spacial score (nSPS) is 17.3. The standard InChI is InChI=1S/C29H31ClN2O5S/c1-6-28(3,4)31-26(33)19-12-15-21(16-13-19)38(35,36)32-25-17-14-20(37-7-2)18-23(25)29(5,27(32)34)22-10-8-9-11-24(22)30/h8-18H,6-7H2,1-5H3,(H,31,33). The van der Waals surface area contributed by atoms with E-state index in [1.54, 1.807) is 49.4 Å². The third-order valence-electron chi connectivity index (χ3n) is 7.05. The van der Waals surface area contributed by atoms with Crippen LogP contribution in [-0.2, 0) is 20.2 Å². The number of nitrogens with zero attached hydrogens (tertiary/aromatic N) is 1. The second-order valence-corrected chi connectivity index (χ2v) is 12.2. The number of benzene rings is 3. The second-order valence-electron chi connectivity index (χ2n) is 10.0. The third-order valence-corrected chi connectivity index (χ3v) is 9.09. The van der Waals surface area contributed by atoms with E-state index in [1.165, 1.54) is 24.3 Å². The molecule has 1 aliphatic rings. The van der Waals surface area contributed by atoms with Crippen LogP contribution < -0.4 is 14.4 Å². The molecule has 4 rings (SSSR count). The molecule has 0 aromatic heterocycles. The van der Waals surface area contributed by atoms with Crippen LogP contribution in [0.4, 0.5) is 5.69 Å². The topological polar surface area (TPSA) is 92.8 Å². The van der Waals surface area contributed by atoms with Crippen LogP contribution in [-0.4, -0.2) is 32.4 Å². The van der Waals surface area contributed by atoms with Crippen LogP contribution in [0.15, 0.2) is 71.6 Å². The summed E-state index contributed by atoms with van der Waals surface area (Å²) < 4.78 is 34.3. The monoisotopic (exact) mass is 554 g/mol. The fourth-order valence-corrected chi connectivity index (χ4v) is 6.33. The zero-order valence-electron chi connectivity index (χ0n) is 22.0. The summed E-state index contributed by atoms with van der Waals surface area (Å²) in [6.45, 7) is 9.71. The SMILES string of the molecule is CCOc1ccc2c(c1)C(C)(c1ccccc1Cl)C(=O)N2S(=O)(=O)c1ccc(C(=O)NC(C)(C)CC)cc1. The molecular formula is C29H31ClN2O5S. The minimum Gasteiger partial charge on any atom is -0.494 e. The van der Waals surface area contributed by atoms with Crippen LogP contribution in [0.5, 0.6) is 5.75 Å². The lowest BCUT2D eigenvalue weighted by Gasteiger charge is -2.26. The molecule has 0 radical (unpaired) electrons. The van der Waals surface area contributed by atoms with Crippen molar-refractivity contribution in [2.45, 2.75) is 56.9 Å². The van der Waals surface area contributed by atoms with Gasteiger partial charge in [0.15, 0.2) is 0 Å². The molecular weight excluding hydrogens is 524 g/mol. The summed E-state index contributed by atoms with van der Waals surface area (Å²) in [6, 6.07) is 17.4. The number of anilines is 1. The van der Waals surface area contributed by atoms with Gasteiger partial charge in [-0.1, -0.05) is 36.7 Å². The van der Waals surface area contributed by atoms with Crippen molar-refractivity contribution >= 4 is 39.1 Å². The molecule has 9 heteroatoms. The fourth-order valence-electron chi connectivity index (χ4n) is 4.49. The Kier molecular flexibility index (Phi) is 7.34. The lowest BCUT2D eigenvalue weighted by atomic mass is 9.77. The number of hydrogen-bond acceptors (Lipinski definition) is 5. The van der Waals surface area contributed by atoms with Crippen molar-refractivity contribution in [1.82, 2.24) is 5.32 Å². The van der Waals surface area contributed by atoms with Gasteiger partial charge in [-0.3, -0.25) is 9.59 Å². The molecule has 0 aliphatic carbocycles. The Morgan fingerprint density at radius 3 is 2.29 bits per heavy atom. The highest BCUT2D eigenvalue weighted by Gasteiger charge is 2.54. The molecule has 2 amide bonds. The summed E-state index contributed by atoms with van der Waals surface area (Å²) >= 11 is 6.52. The van der Waals surface area contributed by atoms with E-state index in [-0.39, 0.29) is 16.5 Å². The molecule has 38 heavy (non-hydrogen) atoms. The smallest absolute Gasteiger partial charge is 0.270 e. The van der Waals surface area contributed by atoms with Gasteiger partial charge in [0.25, 0.3) is 21.8 Å². The predicted molar refractivity (Wildman–Crippen MR) is 148 cm³/mol. The van der Waals surface area contributed by atoms with E-state index in [0.29, 0.717) is 34.1 Å². The summed E-state index contributed by atoms with van der Waals surface area (Å²) in [5.41, 5.74) is -0.266. The van der Waals surface area contributed by atoms with E-state index in [4.69, 9.17) is 16.3 Å². The molecule has 0 spiro atoms. The van der Waals surface area contributed by atoms with Gasteiger partial charge in [-0.25, -0.2) is 12.7 Å². The summed E-state index contributed by atoms with van der Waals surface area (Å²) in [5, 5.41) is 3.28. The first-order valence-electron chi connectivity index (χ1n) is 12.4. The highest BCUT2D eigenvalue weighted by atomic mass is 35.5. The highest BCUT2D eigenvalue weighted by molar-refractivity contribution is 7.93. The van der Waals surface area contributed by atoms with Crippen LogP contribution in [0.25, 0.3) is 0 Å². The molecule has 0 fully saturated rings. The van der Waals surface area contributed by atoms with Gasteiger partial charge < -0.3 is 10.1 Å². The number of nitrogens with one attached hydrogen (secondary N) is 1. The highest BCUT2D eigenvalue weighted by Crippen LogP contribution is 2.50. The molecule has 3 aromatic carbocycles. The molecule has 0 saturated carbocycles. The van der Waals surface area contributed by atoms with Gasteiger partial charge in [0.2, 0.25) is 0 Å². The van der Waals surface area contributed by atoms with E-state index in [2.05, 4.69) is 5.32 Å². The lowest BCUT2D eigenvalue weighted by Crippen LogP contribution is -2.43. The minimum atomic E-state index is -4.33. The Morgan fingerprint density at radius 2 is 1.68 bits per heavy atom. The number of rotatable bonds is 8. The van der Waals surface area contributed by atoms with E-state index in [1.807, 2.05) is 27.7 Å². The van der Waals surface area contributed by atoms with Gasteiger partial charge >= 0.3 is 0 Å². The Balaban J connectivity index is 1.80. The maximum atomic E-state index is 14.1. The number of carbonyl (C=O) groups is 2. The van der Waals surface area contributed by atoms with Crippen LogP contribution in [0.1, 0.15) is 62.5 Å². The molecule has 0 bridgehead atoms. The quantitative estimate of drug-likeness (QED) is 0.385. The molecule has 1 atom stereocenters. The molecule has 1 aliphatic heterocycles. The zero-order chi connectivity index (χ0) is 27.9. The average molecular weight is 555 g/mol. The van der Waals surface area contributed by atoms with Gasteiger partial charge in [-0.2, -0.15) is 0 Å². The largest absolute Gasteiger partial charge is 0.494 e. The predicted octanol–water partition coefficient (Wildman–Crippen LogP) is 5.70. The summed E-state index contributed by atoms with van der Waals surface area (Å²) in [6.07, 6.45) is 0.733. The van der Waals surface area contributed by atoms with Crippen molar-refractivity contribution in [1.29, 1.82) is 0 Å². The summed E-state index contributed by atoms with van der Waals surface area (Å²) in [5.74, 6) is -0.444. The Bertz CT molecular complexity index is 1500. The number of fused-ring (bicyclic) bond motifs is 1. The summed E-state index contributed by atoms with van der Waals surface area (Å²) in [7, 11) is -4.33. The first-order chi connectivity index (χ1) is 17.9. The molecule has 1 unspecified atom stereocenters. The second kappa shape index (κ2) is 10.1. The summed E-state index contributed by atoms with van der Waals surface area (Å²) in [4.78, 5) is 26.6. The molecule has 1 N–H and O–H groups in total. The molecule has 0 saturated heterocycles. The Labute approximate surface area is 228 Å². The van der Waals surface area contributed by atoms with E-state index in [0.717, 1.165) is 10.7 Å². The van der Waals surface area contributed by atoms with Crippen LogP contribution in [0, 0.1) is 0 Å². The Morgan fingerprint density at radius 1 is 1.03 bits per heavy atom. The molecule has 3 aromatic rings. The zero-order valence-corrected chi connectivity index (χ0v) is 23.6. The van der Waals surface area contributed by atoms with Crippen molar-refractivity contribution in [3.63, 3.8) is 0 Å². The maximum absolute atomic E-state index is 14.1. The van der Waals surface area contributed by atoms with Crippen molar-refractivity contribution in [2.75, 3.05) is 10.9 Å². The first-order valence-corrected chi connectivity index (χ1v) is 14.2. The van der Waals surface area contributed by atoms with Crippen LogP contribution in [0.2, 0.25) is 5.02 Å². The van der Waals surface area contributed by atoms with Gasteiger partial charge in [-0.05, 0) is 88.2 Å². The van der Waals surface area contributed by atoms with E-state index in [9.17, 15) is 18.0 Å².